The van der Waals surface area contributed by atoms with E-state index in [2.05, 4.69) is 31.2 Å². The lowest BCUT2D eigenvalue weighted by Crippen LogP contribution is -2.38. The SMILES string of the molecule is CCCCCCc1ccccc1[Si]1CCCCO1. The van der Waals surface area contributed by atoms with Gasteiger partial charge in [-0.1, -0.05) is 56.9 Å². The van der Waals surface area contributed by atoms with Gasteiger partial charge in [0.15, 0.2) is 0 Å². The number of hydrogen-bond acceptors (Lipinski definition) is 1. The van der Waals surface area contributed by atoms with Gasteiger partial charge in [0, 0.05) is 6.61 Å². The molecule has 0 bridgehead atoms. The summed E-state index contributed by atoms with van der Waals surface area (Å²) in [5, 5.41) is 1.55. The lowest BCUT2D eigenvalue weighted by molar-refractivity contribution is 0.294. The van der Waals surface area contributed by atoms with Crippen molar-refractivity contribution in [2.24, 2.45) is 0 Å². The molecule has 1 radical (unpaired) electrons. The first-order chi connectivity index (χ1) is 8.92. The second-order valence-electron chi connectivity index (χ2n) is 5.20. The minimum Gasteiger partial charge on any atom is -0.412 e. The van der Waals surface area contributed by atoms with Crippen molar-refractivity contribution in [1.82, 2.24) is 0 Å². The maximum Gasteiger partial charge on any atom is 0.246 e. The van der Waals surface area contributed by atoms with Gasteiger partial charge in [-0.05, 0) is 36.1 Å². The molecular weight excluding hydrogens is 236 g/mol. The summed E-state index contributed by atoms with van der Waals surface area (Å²) in [6.45, 7) is 3.26. The molecule has 0 spiro atoms. The van der Waals surface area contributed by atoms with E-state index in [0.717, 1.165) is 6.61 Å². The standard InChI is InChI=1S/C16H25OSi/c1-2-3-4-5-10-15-11-6-7-12-16(15)18-14-9-8-13-17-18/h6-7,11-12H,2-5,8-10,13-14H2,1H3. The molecule has 1 fully saturated rings. The van der Waals surface area contributed by atoms with E-state index in [1.54, 1.807) is 10.8 Å². The summed E-state index contributed by atoms with van der Waals surface area (Å²) in [4.78, 5) is 0. The summed E-state index contributed by atoms with van der Waals surface area (Å²) in [6.07, 6.45) is 9.25. The van der Waals surface area contributed by atoms with Crippen molar-refractivity contribution in [2.75, 3.05) is 6.61 Å². The van der Waals surface area contributed by atoms with Crippen LogP contribution < -0.4 is 5.19 Å². The van der Waals surface area contributed by atoms with Crippen molar-refractivity contribution in [3.05, 3.63) is 29.8 Å². The summed E-state index contributed by atoms with van der Waals surface area (Å²) in [5.41, 5.74) is 1.56. The average molecular weight is 261 g/mol. The van der Waals surface area contributed by atoms with E-state index in [-0.39, 0.29) is 0 Å². The number of aryl methyl sites for hydroxylation is 1. The van der Waals surface area contributed by atoms with Crippen molar-refractivity contribution < 1.29 is 4.43 Å². The third kappa shape index (κ3) is 3.96. The molecule has 0 aromatic heterocycles. The molecule has 99 valence electrons. The third-order valence-electron chi connectivity index (χ3n) is 3.69. The minimum absolute atomic E-state index is 0.697. The van der Waals surface area contributed by atoms with Gasteiger partial charge >= 0.3 is 0 Å². The number of unbranched alkanes of at least 4 members (excludes halogenated alkanes) is 3. The van der Waals surface area contributed by atoms with Crippen LogP contribution in [0.4, 0.5) is 0 Å². The Morgan fingerprint density at radius 1 is 1.11 bits per heavy atom. The zero-order valence-corrected chi connectivity index (χ0v) is 12.6. The van der Waals surface area contributed by atoms with Crippen LogP contribution >= 0.6 is 0 Å². The monoisotopic (exact) mass is 261 g/mol. The van der Waals surface area contributed by atoms with Gasteiger partial charge in [-0.3, -0.25) is 0 Å². The molecule has 1 aromatic rings. The molecule has 0 saturated carbocycles. The molecule has 2 heteroatoms. The maximum absolute atomic E-state index is 6.03. The van der Waals surface area contributed by atoms with Gasteiger partial charge in [0.2, 0.25) is 9.04 Å². The van der Waals surface area contributed by atoms with Crippen LogP contribution in [0.2, 0.25) is 6.04 Å². The second-order valence-corrected chi connectivity index (χ2v) is 7.37. The fourth-order valence-electron chi connectivity index (χ4n) is 2.62. The van der Waals surface area contributed by atoms with Gasteiger partial charge in [0.25, 0.3) is 0 Å². The Morgan fingerprint density at radius 3 is 2.78 bits per heavy atom. The molecule has 2 rings (SSSR count). The van der Waals surface area contributed by atoms with Crippen LogP contribution in [0.15, 0.2) is 24.3 Å². The van der Waals surface area contributed by atoms with Crippen LogP contribution in [0.1, 0.15) is 51.0 Å². The normalized spacial score (nSPS) is 16.9. The van der Waals surface area contributed by atoms with Gasteiger partial charge in [-0.25, -0.2) is 0 Å². The Balaban J connectivity index is 1.96. The Labute approximate surface area is 113 Å². The molecule has 1 nitrogen and oxygen atoms in total. The topological polar surface area (TPSA) is 9.23 Å². The highest BCUT2D eigenvalue weighted by atomic mass is 28.3. The number of benzene rings is 1. The van der Waals surface area contributed by atoms with E-state index >= 15 is 0 Å². The van der Waals surface area contributed by atoms with Crippen LogP contribution in [0.5, 0.6) is 0 Å². The van der Waals surface area contributed by atoms with Crippen LogP contribution in [-0.2, 0) is 10.8 Å². The lowest BCUT2D eigenvalue weighted by atomic mass is 10.1. The van der Waals surface area contributed by atoms with Crippen LogP contribution in [0.3, 0.4) is 0 Å². The Kier molecular flexibility index (Phi) is 5.95. The van der Waals surface area contributed by atoms with Gasteiger partial charge in [0.05, 0.1) is 0 Å². The molecular formula is C16H25OSi. The fraction of sp³-hybridized carbons (Fsp3) is 0.625. The predicted octanol–water partition coefficient (Wildman–Crippen LogP) is 3.82. The van der Waals surface area contributed by atoms with Crippen LogP contribution in [0, 0.1) is 0 Å². The summed E-state index contributed by atoms with van der Waals surface area (Å²) in [7, 11) is -0.697. The summed E-state index contributed by atoms with van der Waals surface area (Å²) in [5.74, 6) is 0. The number of hydrogen-bond donors (Lipinski definition) is 0. The molecule has 0 N–H and O–H groups in total. The minimum atomic E-state index is -0.697. The largest absolute Gasteiger partial charge is 0.412 e. The number of rotatable bonds is 6. The van der Waals surface area contributed by atoms with E-state index < -0.39 is 9.04 Å². The van der Waals surface area contributed by atoms with E-state index in [4.69, 9.17) is 4.43 Å². The maximum atomic E-state index is 6.03. The van der Waals surface area contributed by atoms with Crippen molar-refractivity contribution in [3.8, 4) is 0 Å². The molecule has 1 aliphatic heterocycles. The van der Waals surface area contributed by atoms with E-state index in [9.17, 15) is 0 Å². The van der Waals surface area contributed by atoms with Crippen molar-refractivity contribution in [1.29, 1.82) is 0 Å². The Hall–Kier alpha value is -0.603. The van der Waals surface area contributed by atoms with Crippen LogP contribution in [-0.4, -0.2) is 15.6 Å². The van der Waals surface area contributed by atoms with Crippen molar-refractivity contribution in [2.45, 2.75) is 57.9 Å². The van der Waals surface area contributed by atoms with Crippen molar-refractivity contribution >= 4 is 14.2 Å². The molecule has 0 unspecified atom stereocenters. The molecule has 0 aliphatic carbocycles. The first kappa shape index (κ1) is 13.8. The zero-order valence-electron chi connectivity index (χ0n) is 11.6. The first-order valence-corrected chi connectivity index (χ1v) is 9.10. The quantitative estimate of drug-likeness (QED) is 0.559. The zero-order chi connectivity index (χ0) is 12.6. The van der Waals surface area contributed by atoms with Crippen molar-refractivity contribution in [3.63, 3.8) is 0 Å². The van der Waals surface area contributed by atoms with Gasteiger partial charge < -0.3 is 4.43 Å². The Bertz CT molecular complexity index is 345. The summed E-state index contributed by atoms with van der Waals surface area (Å²) >= 11 is 0. The highest BCUT2D eigenvalue weighted by molar-refractivity contribution is 6.68. The van der Waals surface area contributed by atoms with Gasteiger partial charge in [-0.15, -0.1) is 0 Å². The van der Waals surface area contributed by atoms with Gasteiger partial charge in [0.1, 0.15) is 0 Å². The average Bonchev–Trinajstić information content (AvgIpc) is 2.45. The predicted molar refractivity (Wildman–Crippen MR) is 79.7 cm³/mol. The fourth-order valence-corrected chi connectivity index (χ4v) is 5.00. The van der Waals surface area contributed by atoms with E-state index in [1.807, 2.05) is 0 Å². The molecule has 1 aromatic carbocycles. The second kappa shape index (κ2) is 7.75. The summed E-state index contributed by atoms with van der Waals surface area (Å²) < 4.78 is 6.03. The van der Waals surface area contributed by atoms with Crippen LogP contribution in [0.25, 0.3) is 0 Å². The third-order valence-corrected chi connectivity index (χ3v) is 6.14. The molecule has 18 heavy (non-hydrogen) atoms. The first-order valence-electron chi connectivity index (χ1n) is 7.48. The highest BCUT2D eigenvalue weighted by Gasteiger charge is 2.21. The van der Waals surface area contributed by atoms with E-state index in [0.29, 0.717) is 0 Å². The molecule has 1 heterocycles. The highest BCUT2D eigenvalue weighted by Crippen LogP contribution is 2.14. The Morgan fingerprint density at radius 2 is 2.00 bits per heavy atom. The molecule has 1 aliphatic rings. The lowest BCUT2D eigenvalue weighted by Gasteiger charge is -2.22. The molecule has 0 atom stereocenters. The molecule has 0 amide bonds. The molecule has 1 saturated heterocycles. The smallest absolute Gasteiger partial charge is 0.246 e. The van der Waals surface area contributed by atoms with E-state index in [1.165, 1.54) is 51.0 Å². The van der Waals surface area contributed by atoms with Gasteiger partial charge in [-0.2, -0.15) is 0 Å². The summed E-state index contributed by atoms with van der Waals surface area (Å²) in [6, 6.07) is 10.3.